The first-order chi connectivity index (χ1) is 10.6. The molecule has 1 fully saturated rings. The van der Waals surface area contributed by atoms with Crippen molar-refractivity contribution in [2.75, 3.05) is 4.90 Å². The van der Waals surface area contributed by atoms with Crippen LogP contribution in [0.2, 0.25) is 0 Å². The first kappa shape index (κ1) is 13.4. The fourth-order valence-electron chi connectivity index (χ4n) is 3.07. The molecule has 3 aromatic rings. The Bertz CT molecular complexity index is 825. The summed E-state index contributed by atoms with van der Waals surface area (Å²) < 4.78 is 5.97. The van der Waals surface area contributed by atoms with Crippen LogP contribution in [0.5, 0.6) is 0 Å². The molecule has 0 bridgehead atoms. The van der Waals surface area contributed by atoms with Crippen molar-refractivity contribution in [3.05, 3.63) is 66.4 Å². The van der Waals surface area contributed by atoms with Crippen molar-refractivity contribution >= 4 is 34.2 Å². The van der Waals surface area contributed by atoms with Crippen LogP contribution in [0, 0.1) is 0 Å². The van der Waals surface area contributed by atoms with Gasteiger partial charge in [0.15, 0.2) is 0 Å². The minimum Gasteiger partial charge on any atom is -0.458 e. The molecule has 1 aliphatic heterocycles. The quantitative estimate of drug-likeness (QED) is 0.522. The third-order valence-corrected chi connectivity index (χ3v) is 4.95. The van der Waals surface area contributed by atoms with Gasteiger partial charge >= 0.3 is 0 Å². The average molecular weight is 312 g/mol. The van der Waals surface area contributed by atoms with E-state index in [0.29, 0.717) is 5.76 Å². The average Bonchev–Trinajstić information content (AvgIpc) is 2.99. The van der Waals surface area contributed by atoms with Crippen molar-refractivity contribution in [3.63, 3.8) is 0 Å². The first-order valence-electron chi connectivity index (χ1n) is 7.14. The molecule has 2 heterocycles. The Hall–Kier alpha value is -2.26. The van der Waals surface area contributed by atoms with E-state index in [9.17, 15) is 4.79 Å². The molecule has 22 heavy (non-hydrogen) atoms. The number of alkyl halides is 1. The summed E-state index contributed by atoms with van der Waals surface area (Å²) in [6, 6.07) is 19.3. The number of carbonyl (C=O) groups excluding carboxylic acids is 1. The topological polar surface area (TPSA) is 33.5 Å². The molecule has 1 saturated heterocycles. The van der Waals surface area contributed by atoms with Gasteiger partial charge in [-0.1, -0.05) is 36.4 Å². The van der Waals surface area contributed by atoms with Gasteiger partial charge in [-0.15, -0.1) is 11.6 Å². The Kier molecular flexibility index (Phi) is 2.81. The van der Waals surface area contributed by atoms with Gasteiger partial charge in [0.2, 0.25) is 5.91 Å². The van der Waals surface area contributed by atoms with Gasteiger partial charge in [-0.3, -0.25) is 9.69 Å². The minimum atomic E-state index is -0.682. The van der Waals surface area contributed by atoms with E-state index in [0.717, 1.165) is 16.7 Å². The van der Waals surface area contributed by atoms with Gasteiger partial charge in [0.1, 0.15) is 22.3 Å². The number of hydrogen-bond donors (Lipinski definition) is 0. The molecule has 3 nitrogen and oxygen atoms in total. The molecule has 4 rings (SSSR count). The Morgan fingerprint density at radius 1 is 1.09 bits per heavy atom. The Morgan fingerprint density at radius 3 is 2.50 bits per heavy atom. The lowest BCUT2D eigenvalue weighted by molar-refractivity contribution is -0.127. The van der Waals surface area contributed by atoms with Gasteiger partial charge in [-0.05, 0) is 31.2 Å². The number of hydrogen-bond acceptors (Lipinski definition) is 2. The van der Waals surface area contributed by atoms with Crippen molar-refractivity contribution in [2.45, 2.75) is 17.8 Å². The van der Waals surface area contributed by atoms with Crippen molar-refractivity contribution in [1.82, 2.24) is 0 Å². The van der Waals surface area contributed by atoms with E-state index >= 15 is 0 Å². The molecule has 2 unspecified atom stereocenters. The zero-order chi connectivity index (χ0) is 15.3. The van der Waals surface area contributed by atoms with E-state index in [1.807, 2.05) is 67.6 Å². The molecule has 4 heteroatoms. The third-order valence-electron chi connectivity index (χ3n) is 4.33. The number of nitrogens with zero attached hydrogens (tertiary/aromatic N) is 1. The van der Waals surface area contributed by atoms with Gasteiger partial charge < -0.3 is 4.42 Å². The third kappa shape index (κ3) is 1.66. The second-order valence-corrected chi connectivity index (χ2v) is 6.10. The summed E-state index contributed by atoms with van der Waals surface area (Å²) in [5.74, 6) is 0.605. The van der Waals surface area contributed by atoms with Crippen molar-refractivity contribution < 1.29 is 9.21 Å². The maximum absolute atomic E-state index is 12.3. The molecule has 0 aliphatic carbocycles. The molecule has 2 atom stereocenters. The molecular weight excluding hydrogens is 298 g/mol. The molecule has 1 amide bonds. The minimum absolute atomic E-state index is 0.101. The van der Waals surface area contributed by atoms with Gasteiger partial charge in [0, 0.05) is 11.1 Å². The zero-order valence-corrected chi connectivity index (χ0v) is 12.7. The molecule has 0 radical (unpaired) electrons. The standard InChI is InChI=1S/C18H14ClNO2/c1-18(15-11-12-7-5-6-10-14(12)22-15)16(19)17(21)20(18)13-8-3-2-4-9-13/h2-11,16H,1H3. The van der Waals surface area contributed by atoms with Crippen molar-refractivity contribution in [3.8, 4) is 0 Å². The zero-order valence-electron chi connectivity index (χ0n) is 12.0. The highest BCUT2D eigenvalue weighted by Crippen LogP contribution is 2.48. The van der Waals surface area contributed by atoms with E-state index in [-0.39, 0.29) is 5.91 Å². The maximum Gasteiger partial charge on any atom is 0.248 e. The number of β-lactam (4-membered cyclic amide) rings is 1. The van der Waals surface area contributed by atoms with E-state index in [2.05, 4.69) is 0 Å². The normalized spacial score (nSPS) is 24.5. The van der Waals surface area contributed by atoms with Crippen LogP contribution >= 0.6 is 11.6 Å². The summed E-state index contributed by atoms with van der Waals surface area (Å²) >= 11 is 6.36. The number of para-hydroxylation sites is 2. The Balaban J connectivity index is 1.85. The molecule has 110 valence electrons. The van der Waals surface area contributed by atoms with Crippen LogP contribution in [0.1, 0.15) is 12.7 Å². The molecular formula is C18H14ClNO2. The highest BCUT2D eigenvalue weighted by Gasteiger charge is 2.60. The molecule has 1 aliphatic rings. The van der Waals surface area contributed by atoms with Crippen LogP contribution in [0.3, 0.4) is 0 Å². The number of anilines is 1. The maximum atomic E-state index is 12.3. The molecule has 0 saturated carbocycles. The highest BCUT2D eigenvalue weighted by atomic mass is 35.5. The monoisotopic (exact) mass is 311 g/mol. The number of halogens is 1. The fraction of sp³-hybridized carbons (Fsp3) is 0.167. The second-order valence-electron chi connectivity index (χ2n) is 5.67. The summed E-state index contributed by atoms with van der Waals surface area (Å²) in [5.41, 5.74) is 0.946. The van der Waals surface area contributed by atoms with Crippen molar-refractivity contribution in [2.24, 2.45) is 0 Å². The van der Waals surface area contributed by atoms with Gasteiger partial charge in [-0.2, -0.15) is 0 Å². The number of carbonyl (C=O) groups is 1. The highest BCUT2D eigenvalue weighted by molar-refractivity contribution is 6.38. The van der Waals surface area contributed by atoms with Gasteiger partial charge in [0.05, 0.1) is 0 Å². The lowest BCUT2D eigenvalue weighted by atomic mass is 9.82. The molecule has 1 aromatic heterocycles. The molecule has 2 aromatic carbocycles. The van der Waals surface area contributed by atoms with Crippen LogP contribution in [-0.2, 0) is 10.3 Å². The molecule has 0 N–H and O–H groups in total. The molecule has 0 spiro atoms. The number of rotatable bonds is 2. The van der Waals surface area contributed by atoms with Crippen LogP contribution in [0.4, 0.5) is 5.69 Å². The summed E-state index contributed by atoms with van der Waals surface area (Å²) in [7, 11) is 0. The predicted molar refractivity (Wildman–Crippen MR) is 87.1 cm³/mol. The SMILES string of the molecule is CC1(c2cc3ccccc3o2)C(Cl)C(=O)N1c1ccccc1. The number of amides is 1. The van der Waals surface area contributed by atoms with E-state index in [1.54, 1.807) is 4.90 Å². The second kappa shape index (κ2) is 4.62. The van der Waals surface area contributed by atoms with Gasteiger partial charge in [0.25, 0.3) is 0 Å². The summed E-state index contributed by atoms with van der Waals surface area (Å²) in [4.78, 5) is 14.0. The first-order valence-corrected chi connectivity index (χ1v) is 7.58. The van der Waals surface area contributed by atoms with E-state index < -0.39 is 10.9 Å². The lowest BCUT2D eigenvalue weighted by Crippen LogP contribution is -2.69. The predicted octanol–water partition coefficient (Wildman–Crippen LogP) is 4.30. The van der Waals surface area contributed by atoms with Gasteiger partial charge in [-0.25, -0.2) is 0 Å². The van der Waals surface area contributed by atoms with E-state index in [1.165, 1.54) is 0 Å². The van der Waals surface area contributed by atoms with Crippen molar-refractivity contribution in [1.29, 1.82) is 0 Å². The lowest BCUT2D eigenvalue weighted by Gasteiger charge is -2.51. The number of benzene rings is 2. The largest absolute Gasteiger partial charge is 0.458 e. The Morgan fingerprint density at radius 2 is 1.77 bits per heavy atom. The van der Waals surface area contributed by atoms with Crippen LogP contribution in [-0.4, -0.2) is 11.3 Å². The van der Waals surface area contributed by atoms with Crippen LogP contribution in [0.25, 0.3) is 11.0 Å². The fourth-order valence-corrected chi connectivity index (χ4v) is 3.37. The summed E-state index contributed by atoms with van der Waals surface area (Å²) in [6.07, 6.45) is 0. The summed E-state index contributed by atoms with van der Waals surface area (Å²) in [6.45, 7) is 1.94. The number of furan rings is 1. The van der Waals surface area contributed by atoms with E-state index in [4.69, 9.17) is 16.0 Å². The smallest absolute Gasteiger partial charge is 0.248 e. The Labute approximate surface area is 133 Å². The van der Waals surface area contributed by atoms with Crippen LogP contribution < -0.4 is 4.90 Å². The summed E-state index contributed by atoms with van der Waals surface area (Å²) in [5, 5.41) is 0.378. The van der Waals surface area contributed by atoms with Crippen LogP contribution in [0.15, 0.2) is 65.1 Å². The number of fused-ring (bicyclic) bond motifs is 1.